The van der Waals surface area contributed by atoms with Gasteiger partial charge in [0, 0.05) is 48.0 Å². The molecule has 3 rings (SSSR count). The van der Waals surface area contributed by atoms with E-state index < -0.39 is 0 Å². The molecule has 1 aromatic heterocycles. The fraction of sp³-hybridized carbons (Fsp3) is 0.476. The number of anilines is 2. The lowest BCUT2D eigenvalue weighted by Crippen LogP contribution is -2.40. The van der Waals surface area contributed by atoms with Crippen LogP contribution in [0.25, 0.3) is 0 Å². The standard InChI is InChI=1S/C21H28ClN5O/c1-13-14(2)23-21(26-19(13)27(3)4)25-18-11-9-17(10-12-18)24-20(28)15-5-7-16(22)8-6-15/h5-8,17-18H,9-12H2,1-4H3,(H,24,28)(H,23,25,26). The molecule has 1 amide bonds. The number of nitrogens with zero attached hydrogens (tertiary/aromatic N) is 3. The van der Waals surface area contributed by atoms with Crippen molar-refractivity contribution in [1.29, 1.82) is 0 Å². The van der Waals surface area contributed by atoms with Gasteiger partial charge in [-0.15, -0.1) is 0 Å². The van der Waals surface area contributed by atoms with Crippen molar-refractivity contribution in [2.75, 3.05) is 24.3 Å². The first-order valence-corrected chi connectivity index (χ1v) is 10.1. The maximum absolute atomic E-state index is 12.4. The van der Waals surface area contributed by atoms with Crippen LogP contribution in [0.4, 0.5) is 11.8 Å². The van der Waals surface area contributed by atoms with E-state index >= 15 is 0 Å². The fourth-order valence-corrected chi connectivity index (χ4v) is 3.67. The number of hydrogen-bond acceptors (Lipinski definition) is 5. The molecule has 2 N–H and O–H groups in total. The first kappa shape index (κ1) is 20.4. The average molecular weight is 402 g/mol. The van der Waals surface area contributed by atoms with Crippen molar-refractivity contribution >= 4 is 29.3 Å². The minimum absolute atomic E-state index is 0.0406. The number of halogens is 1. The quantitative estimate of drug-likeness (QED) is 0.793. The molecule has 1 aliphatic rings. The van der Waals surface area contributed by atoms with E-state index in [2.05, 4.69) is 20.6 Å². The van der Waals surface area contributed by atoms with Gasteiger partial charge in [-0.25, -0.2) is 4.98 Å². The number of amides is 1. The molecule has 1 aliphatic carbocycles. The number of benzene rings is 1. The van der Waals surface area contributed by atoms with Gasteiger partial charge in [-0.1, -0.05) is 11.6 Å². The predicted molar refractivity (Wildman–Crippen MR) is 114 cm³/mol. The molecule has 1 aromatic carbocycles. The highest BCUT2D eigenvalue weighted by Gasteiger charge is 2.23. The van der Waals surface area contributed by atoms with Gasteiger partial charge in [0.1, 0.15) is 5.82 Å². The second-order valence-electron chi connectivity index (χ2n) is 7.65. The Morgan fingerprint density at radius 1 is 1.04 bits per heavy atom. The van der Waals surface area contributed by atoms with Crippen LogP contribution in [0.3, 0.4) is 0 Å². The fourth-order valence-electron chi connectivity index (χ4n) is 3.55. The molecular weight excluding hydrogens is 374 g/mol. The van der Waals surface area contributed by atoms with Crippen LogP contribution >= 0.6 is 11.6 Å². The van der Waals surface area contributed by atoms with Gasteiger partial charge >= 0.3 is 0 Å². The molecule has 28 heavy (non-hydrogen) atoms. The van der Waals surface area contributed by atoms with Crippen molar-refractivity contribution in [3.05, 3.63) is 46.1 Å². The van der Waals surface area contributed by atoms with Crippen LogP contribution in [0.2, 0.25) is 5.02 Å². The smallest absolute Gasteiger partial charge is 0.251 e. The number of hydrogen-bond donors (Lipinski definition) is 2. The van der Waals surface area contributed by atoms with Crippen LogP contribution in [0.5, 0.6) is 0 Å². The summed E-state index contributed by atoms with van der Waals surface area (Å²) in [5.74, 6) is 1.58. The Kier molecular flexibility index (Phi) is 6.39. The summed E-state index contributed by atoms with van der Waals surface area (Å²) in [7, 11) is 3.99. The van der Waals surface area contributed by atoms with Crippen molar-refractivity contribution in [3.63, 3.8) is 0 Å². The van der Waals surface area contributed by atoms with E-state index in [0.29, 0.717) is 22.6 Å². The highest BCUT2D eigenvalue weighted by Crippen LogP contribution is 2.24. The lowest BCUT2D eigenvalue weighted by Gasteiger charge is -2.30. The normalized spacial score (nSPS) is 19.2. The highest BCUT2D eigenvalue weighted by molar-refractivity contribution is 6.30. The molecule has 1 heterocycles. The molecule has 1 saturated carbocycles. The molecule has 0 radical (unpaired) electrons. The summed E-state index contributed by atoms with van der Waals surface area (Å²) in [4.78, 5) is 23.6. The summed E-state index contributed by atoms with van der Waals surface area (Å²) in [6, 6.07) is 7.50. The van der Waals surface area contributed by atoms with Crippen molar-refractivity contribution in [1.82, 2.24) is 15.3 Å². The van der Waals surface area contributed by atoms with E-state index in [1.807, 2.05) is 32.8 Å². The van der Waals surface area contributed by atoms with Gasteiger partial charge in [0.05, 0.1) is 0 Å². The SMILES string of the molecule is Cc1nc(NC2CCC(NC(=O)c3ccc(Cl)cc3)CC2)nc(N(C)C)c1C. The molecular formula is C21H28ClN5O. The minimum Gasteiger partial charge on any atom is -0.362 e. The van der Waals surface area contributed by atoms with Gasteiger partial charge in [0.15, 0.2) is 0 Å². The van der Waals surface area contributed by atoms with E-state index in [1.54, 1.807) is 24.3 Å². The van der Waals surface area contributed by atoms with Crippen LogP contribution in [0.15, 0.2) is 24.3 Å². The molecule has 0 spiro atoms. The summed E-state index contributed by atoms with van der Waals surface area (Å²) < 4.78 is 0. The Labute approximate surface area is 171 Å². The molecule has 0 saturated heterocycles. The third-order valence-corrected chi connectivity index (χ3v) is 5.54. The Bertz CT molecular complexity index is 829. The molecule has 1 fully saturated rings. The maximum atomic E-state index is 12.4. The van der Waals surface area contributed by atoms with Gasteiger partial charge in [0.2, 0.25) is 5.95 Å². The summed E-state index contributed by atoms with van der Waals surface area (Å²) >= 11 is 5.88. The largest absolute Gasteiger partial charge is 0.362 e. The monoisotopic (exact) mass is 401 g/mol. The third-order valence-electron chi connectivity index (χ3n) is 5.29. The predicted octanol–water partition coefficient (Wildman–Crippen LogP) is 3.97. The van der Waals surface area contributed by atoms with Crippen molar-refractivity contribution in [2.45, 2.75) is 51.6 Å². The first-order valence-electron chi connectivity index (χ1n) is 9.69. The summed E-state index contributed by atoms with van der Waals surface area (Å²) in [5.41, 5.74) is 2.73. The van der Waals surface area contributed by atoms with Gasteiger partial charge in [-0.2, -0.15) is 4.98 Å². The highest BCUT2D eigenvalue weighted by atomic mass is 35.5. The van der Waals surface area contributed by atoms with E-state index in [-0.39, 0.29) is 11.9 Å². The van der Waals surface area contributed by atoms with E-state index in [9.17, 15) is 4.79 Å². The molecule has 7 heteroatoms. The zero-order valence-corrected chi connectivity index (χ0v) is 17.7. The van der Waals surface area contributed by atoms with Crippen LogP contribution < -0.4 is 15.5 Å². The van der Waals surface area contributed by atoms with E-state index in [1.165, 1.54) is 0 Å². The summed E-state index contributed by atoms with van der Waals surface area (Å²) in [6.07, 6.45) is 3.81. The number of nitrogens with one attached hydrogen (secondary N) is 2. The Balaban J connectivity index is 1.54. The Morgan fingerprint density at radius 2 is 1.64 bits per heavy atom. The van der Waals surface area contributed by atoms with Crippen LogP contribution in [0, 0.1) is 13.8 Å². The zero-order valence-electron chi connectivity index (χ0n) is 16.9. The Morgan fingerprint density at radius 3 is 2.25 bits per heavy atom. The minimum atomic E-state index is -0.0406. The van der Waals surface area contributed by atoms with Crippen LogP contribution in [-0.2, 0) is 0 Å². The third kappa shape index (κ3) is 4.93. The number of rotatable bonds is 5. The average Bonchev–Trinajstić information content (AvgIpc) is 2.66. The number of carbonyl (C=O) groups excluding carboxylic acids is 1. The maximum Gasteiger partial charge on any atom is 0.251 e. The number of aryl methyl sites for hydroxylation is 1. The van der Waals surface area contributed by atoms with Crippen LogP contribution in [-0.4, -0.2) is 42.1 Å². The molecule has 2 aromatic rings. The van der Waals surface area contributed by atoms with E-state index in [4.69, 9.17) is 11.6 Å². The van der Waals surface area contributed by atoms with Gasteiger partial charge in [0.25, 0.3) is 5.91 Å². The molecule has 150 valence electrons. The van der Waals surface area contributed by atoms with Gasteiger partial charge in [-0.3, -0.25) is 4.79 Å². The molecule has 0 unspecified atom stereocenters. The van der Waals surface area contributed by atoms with Crippen molar-refractivity contribution in [2.24, 2.45) is 0 Å². The number of aromatic nitrogens is 2. The molecule has 0 aliphatic heterocycles. The Hall–Kier alpha value is -2.34. The lowest BCUT2D eigenvalue weighted by molar-refractivity contribution is 0.0926. The summed E-state index contributed by atoms with van der Waals surface area (Å²) in [6.45, 7) is 4.06. The first-order chi connectivity index (χ1) is 13.3. The van der Waals surface area contributed by atoms with Crippen LogP contribution in [0.1, 0.15) is 47.3 Å². The molecule has 0 atom stereocenters. The van der Waals surface area contributed by atoms with E-state index in [0.717, 1.165) is 42.8 Å². The van der Waals surface area contributed by atoms with Crippen molar-refractivity contribution < 1.29 is 4.79 Å². The topological polar surface area (TPSA) is 70.1 Å². The zero-order chi connectivity index (χ0) is 20.3. The number of carbonyl (C=O) groups is 1. The summed E-state index contributed by atoms with van der Waals surface area (Å²) in [5, 5.41) is 7.25. The van der Waals surface area contributed by atoms with Crippen molar-refractivity contribution in [3.8, 4) is 0 Å². The van der Waals surface area contributed by atoms with Gasteiger partial charge in [-0.05, 0) is 63.8 Å². The second-order valence-corrected chi connectivity index (χ2v) is 8.09. The lowest BCUT2D eigenvalue weighted by atomic mass is 9.91. The second kappa shape index (κ2) is 8.78. The van der Waals surface area contributed by atoms with Gasteiger partial charge < -0.3 is 15.5 Å². The molecule has 0 bridgehead atoms. The molecule has 6 nitrogen and oxygen atoms in total.